The zero-order chi connectivity index (χ0) is 10.1. The van der Waals surface area contributed by atoms with Gasteiger partial charge in [-0.05, 0) is 24.3 Å². The lowest BCUT2D eigenvalue weighted by atomic mass is 10.2. The van der Waals surface area contributed by atoms with Crippen molar-refractivity contribution in [3.8, 4) is 0 Å². The van der Waals surface area contributed by atoms with E-state index in [-0.39, 0.29) is 5.56 Å². The van der Waals surface area contributed by atoms with E-state index in [9.17, 15) is 13.2 Å². The van der Waals surface area contributed by atoms with Crippen LogP contribution in [0.15, 0.2) is 24.3 Å². The van der Waals surface area contributed by atoms with Crippen molar-refractivity contribution in [3.05, 3.63) is 34.9 Å². The summed E-state index contributed by atoms with van der Waals surface area (Å²) in [6.45, 7) is 0. The molecule has 0 spiro atoms. The minimum atomic E-state index is -3.65. The van der Waals surface area contributed by atoms with E-state index < -0.39 is 15.0 Å². The Morgan fingerprint density at radius 2 is 1.69 bits per heavy atom. The Bertz CT molecular complexity index is 419. The fourth-order valence-electron chi connectivity index (χ4n) is 0.800. The molecule has 0 N–H and O–H groups in total. The summed E-state index contributed by atoms with van der Waals surface area (Å²) in [5.74, 6) is 0. The van der Waals surface area contributed by atoms with Crippen LogP contribution in [0.4, 0.5) is 0 Å². The van der Waals surface area contributed by atoms with Gasteiger partial charge in [0, 0.05) is 16.8 Å². The van der Waals surface area contributed by atoms with Gasteiger partial charge in [-0.1, -0.05) is 11.6 Å². The van der Waals surface area contributed by atoms with Gasteiger partial charge in [-0.3, -0.25) is 4.79 Å². The molecule has 0 bridgehead atoms. The fourth-order valence-corrected chi connectivity index (χ4v) is 1.49. The van der Waals surface area contributed by atoms with Gasteiger partial charge in [-0.25, -0.2) is 8.42 Å². The van der Waals surface area contributed by atoms with E-state index in [0.29, 0.717) is 5.02 Å². The summed E-state index contributed by atoms with van der Waals surface area (Å²) in [6.07, 6.45) is 0.879. The minimum absolute atomic E-state index is 0.131. The lowest BCUT2D eigenvalue weighted by Crippen LogP contribution is -2.12. The number of halogens is 1. The molecule has 0 fully saturated rings. The van der Waals surface area contributed by atoms with Crippen molar-refractivity contribution in [2.75, 3.05) is 6.26 Å². The summed E-state index contributed by atoms with van der Waals surface area (Å²) in [4.78, 5) is 11.1. The van der Waals surface area contributed by atoms with Crippen LogP contribution in [0.3, 0.4) is 0 Å². The topological polar surface area (TPSA) is 51.2 Å². The lowest BCUT2D eigenvalue weighted by molar-refractivity contribution is 0.107. The molecule has 0 heterocycles. The molecule has 0 saturated carbocycles. The first-order valence-electron chi connectivity index (χ1n) is 3.41. The monoisotopic (exact) mass is 218 g/mol. The molecule has 0 aliphatic heterocycles. The molecule has 0 amide bonds. The van der Waals surface area contributed by atoms with E-state index in [4.69, 9.17) is 11.6 Å². The quantitative estimate of drug-likeness (QED) is 0.718. The molecule has 1 aromatic carbocycles. The first kappa shape index (κ1) is 10.2. The van der Waals surface area contributed by atoms with Gasteiger partial charge in [0.1, 0.15) is 0 Å². The highest BCUT2D eigenvalue weighted by Crippen LogP contribution is 2.11. The number of sulfone groups is 1. The molecule has 0 radical (unpaired) electrons. The fraction of sp³-hybridized carbons (Fsp3) is 0.125. The highest BCUT2D eigenvalue weighted by molar-refractivity contribution is 8.06. The molecule has 0 saturated heterocycles. The van der Waals surface area contributed by atoms with Crippen molar-refractivity contribution in [3.63, 3.8) is 0 Å². The van der Waals surface area contributed by atoms with E-state index in [1.807, 2.05) is 0 Å². The summed E-state index contributed by atoms with van der Waals surface area (Å²) in [7, 11) is -3.65. The Morgan fingerprint density at radius 1 is 1.23 bits per heavy atom. The van der Waals surface area contributed by atoms with Gasteiger partial charge in [-0.2, -0.15) is 0 Å². The average molecular weight is 219 g/mol. The third-order valence-corrected chi connectivity index (χ3v) is 2.58. The van der Waals surface area contributed by atoms with E-state index in [1.54, 1.807) is 0 Å². The average Bonchev–Trinajstić information content (AvgIpc) is 2.03. The van der Waals surface area contributed by atoms with E-state index in [0.717, 1.165) is 6.26 Å². The van der Waals surface area contributed by atoms with Crippen molar-refractivity contribution in [1.82, 2.24) is 0 Å². The zero-order valence-corrected chi connectivity index (χ0v) is 8.39. The smallest absolute Gasteiger partial charge is 0.276 e. The van der Waals surface area contributed by atoms with Gasteiger partial charge in [0.25, 0.3) is 5.12 Å². The van der Waals surface area contributed by atoms with Crippen LogP contribution in [0, 0.1) is 0 Å². The van der Waals surface area contributed by atoms with Crippen LogP contribution in [-0.4, -0.2) is 19.8 Å². The highest BCUT2D eigenvalue weighted by atomic mass is 35.5. The Hall–Kier alpha value is -0.870. The second-order valence-corrected chi connectivity index (χ2v) is 4.92. The molecule has 0 aliphatic carbocycles. The third kappa shape index (κ3) is 2.54. The van der Waals surface area contributed by atoms with Gasteiger partial charge in [0.15, 0.2) is 0 Å². The number of hydrogen-bond donors (Lipinski definition) is 0. The number of rotatable bonds is 1. The summed E-state index contributed by atoms with van der Waals surface area (Å²) < 4.78 is 21.7. The zero-order valence-electron chi connectivity index (χ0n) is 6.82. The van der Waals surface area contributed by atoms with Crippen molar-refractivity contribution >= 4 is 26.6 Å². The molecular weight excluding hydrogens is 212 g/mol. The van der Waals surface area contributed by atoms with Gasteiger partial charge in [0.05, 0.1) is 0 Å². The van der Waals surface area contributed by atoms with Crippen LogP contribution < -0.4 is 0 Å². The van der Waals surface area contributed by atoms with E-state index in [1.165, 1.54) is 24.3 Å². The Labute approximate surface area is 81.3 Å². The van der Waals surface area contributed by atoms with E-state index in [2.05, 4.69) is 0 Å². The largest absolute Gasteiger partial charge is 0.276 e. The van der Waals surface area contributed by atoms with Crippen LogP contribution >= 0.6 is 11.6 Å². The van der Waals surface area contributed by atoms with Gasteiger partial charge >= 0.3 is 0 Å². The molecule has 0 aromatic heterocycles. The molecule has 5 heteroatoms. The summed E-state index contributed by atoms with van der Waals surface area (Å²) in [5.41, 5.74) is 0.131. The molecule has 70 valence electrons. The molecule has 0 aliphatic rings. The summed E-state index contributed by atoms with van der Waals surface area (Å²) in [5, 5.41) is -0.422. The molecule has 1 aromatic rings. The molecule has 3 nitrogen and oxygen atoms in total. The molecule has 1 rings (SSSR count). The van der Waals surface area contributed by atoms with Crippen LogP contribution in [0.25, 0.3) is 0 Å². The van der Waals surface area contributed by atoms with E-state index >= 15 is 0 Å². The van der Waals surface area contributed by atoms with Crippen molar-refractivity contribution in [1.29, 1.82) is 0 Å². The van der Waals surface area contributed by atoms with Crippen molar-refractivity contribution < 1.29 is 13.2 Å². The number of carbonyl (C=O) groups excluding carboxylic acids is 1. The standard InChI is InChI=1S/C8H7ClO3S/c1-13(11,12)8(10)6-2-4-7(9)5-3-6/h2-5H,1H3. The van der Waals surface area contributed by atoms with Gasteiger partial charge in [-0.15, -0.1) is 0 Å². The van der Waals surface area contributed by atoms with Crippen LogP contribution in [-0.2, 0) is 9.84 Å². The summed E-state index contributed by atoms with van der Waals surface area (Å²) in [6, 6.07) is 5.71. The summed E-state index contributed by atoms with van der Waals surface area (Å²) >= 11 is 5.57. The first-order valence-corrected chi connectivity index (χ1v) is 5.68. The predicted octanol–water partition coefficient (Wildman–Crippen LogP) is 1.52. The molecular formula is C8H7ClO3S. The Balaban J connectivity index is 3.12. The number of hydrogen-bond acceptors (Lipinski definition) is 3. The van der Waals surface area contributed by atoms with Gasteiger partial charge in [0.2, 0.25) is 9.84 Å². The van der Waals surface area contributed by atoms with Gasteiger partial charge < -0.3 is 0 Å². The highest BCUT2D eigenvalue weighted by Gasteiger charge is 2.17. The minimum Gasteiger partial charge on any atom is -0.276 e. The number of carbonyl (C=O) groups is 1. The maximum absolute atomic E-state index is 11.1. The maximum atomic E-state index is 11.1. The third-order valence-electron chi connectivity index (χ3n) is 1.42. The van der Waals surface area contributed by atoms with Crippen LogP contribution in [0.1, 0.15) is 10.4 Å². The van der Waals surface area contributed by atoms with Crippen molar-refractivity contribution in [2.45, 2.75) is 0 Å². The molecule has 0 atom stereocenters. The SMILES string of the molecule is CS(=O)(=O)C(=O)c1ccc(Cl)cc1. The Morgan fingerprint density at radius 3 is 2.08 bits per heavy atom. The van der Waals surface area contributed by atoms with Crippen LogP contribution in [0.5, 0.6) is 0 Å². The second kappa shape index (κ2) is 3.47. The van der Waals surface area contributed by atoms with Crippen molar-refractivity contribution in [2.24, 2.45) is 0 Å². The Kier molecular flexibility index (Phi) is 2.73. The normalized spacial score (nSPS) is 11.2. The maximum Gasteiger partial charge on any atom is 0.276 e. The first-order chi connectivity index (χ1) is 5.91. The number of benzene rings is 1. The lowest BCUT2D eigenvalue weighted by Gasteiger charge is -1.97. The molecule has 0 unspecified atom stereocenters. The molecule has 13 heavy (non-hydrogen) atoms. The van der Waals surface area contributed by atoms with Crippen LogP contribution in [0.2, 0.25) is 5.02 Å². The predicted molar refractivity (Wildman–Crippen MR) is 50.6 cm³/mol. The second-order valence-electron chi connectivity index (χ2n) is 2.57.